The number of nitrogens with zero attached hydrogens (tertiary/aromatic N) is 1. The summed E-state index contributed by atoms with van der Waals surface area (Å²) in [5, 5.41) is 3.04. The third-order valence-corrected chi connectivity index (χ3v) is 17.5. The van der Waals surface area contributed by atoms with Crippen LogP contribution in [-0.4, -0.2) is 69.4 Å². The number of allylic oxidation sites excluding steroid dienone is 15. The summed E-state index contributed by atoms with van der Waals surface area (Å²) < 4.78 is 30.5. The summed E-state index contributed by atoms with van der Waals surface area (Å²) in [6.45, 7) is 6.73. The highest BCUT2D eigenvalue weighted by atomic mass is 31.2. The first-order chi connectivity index (χ1) is 43.4. The first-order valence-electron chi connectivity index (χ1n) is 37.5. The first kappa shape index (κ1) is 85.9. The van der Waals surface area contributed by atoms with E-state index in [2.05, 4.69) is 111 Å². The molecule has 3 unspecified atom stereocenters. The Morgan fingerprint density at radius 3 is 1.10 bits per heavy atom. The average molecular weight is 1260 g/mol. The van der Waals surface area contributed by atoms with E-state index in [4.69, 9.17) is 13.8 Å². The van der Waals surface area contributed by atoms with Gasteiger partial charge in [-0.1, -0.05) is 317 Å². The number of likely N-dealkylation sites (N-methyl/N-ethyl adjacent to an activating group) is 1. The molecule has 3 atom stereocenters. The van der Waals surface area contributed by atoms with E-state index < -0.39 is 26.6 Å². The van der Waals surface area contributed by atoms with Gasteiger partial charge in [-0.05, 0) is 109 Å². The van der Waals surface area contributed by atoms with Crippen LogP contribution in [0.15, 0.2) is 97.2 Å². The third kappa shape index (κ3) is 69.1. The van der Waals surface area contributed by atoms with Gasteiger partial charge in [-0.2, -0.15) is 0 Å². The molecule has 89 heavy (non-hydrogen) atoms. The molecule has 0 aromatic carbocycles. The number of esters is 1. The fraction of sp³-hybridized carbons (Fsp3) is 0.772. The lowest BCUT2D eigenvalue weighted by Gasteiger charge is -2.30. The van der Waals surface area contributed by atoms with E-state index in [-0.39, 0.29) is 24.9 Å². The van der Waals surface area contributed by atoms with E-state index in [0.717, 1.165) is 109 Å². The molecule has 1 N–H and O–H groups in total. The molecule has 0 heterocycles. The van der Waals surface area contributed by atoms with Crippen molar-refractivity contribution in [2.45, 2.75) is 354 Å². The summed E-state index contributed by atoms with van der Waals surface area (Å²) in [6.07, 6.45) is 92.6. The third-order valence-electron chi connectivity index (χ3n) is 16.5. The van der Waals surface area contributed by atoms with E-state index in [1.54, 1.807) is 0 Å². The topological polar surface area (TPSA) is 114 Å². The van der Waals surface area contributed by atoms with Crippen molar-refractivity contribution in [3.8, 4) is 0 Å². The fourth-order valence-corrected chi connectivity index (χ4v) is 11.5. The summed E-state index contributed by atoms with van der Waals surface area (Å²) >= 11 is 0. The minimum absolute atomic E-state index is 0.0261. The Morgan fingerprint density at radius 2 is 0.719 bits per heavy atom. The van der Waals surface area contributed by atoms with E-state index >= 15 is 0 Å². The number of carbonyl (C=O) groups is 2. The summed E-state index contributed by atoms with van der Waals surface area (Å²) in [6, 6.07) is -0.897. The number of phosphoric ester groups is 1. The van der Waals surface area contributed by atoms with Crippen LogP contribution < -0.4 is 10.2 Å². The molecule has 0 rings (SSSR count). The molecule has 0 radical (unpaired) electrons. The van der Waals surface area contributed by atoms with E-state index in [1.807, 2.05) is 33.3 Å². The number of phosphoric acid groups is 1. The van der Waals surface area contributed by atoms with E-state index in [1.165, 1.54) is 199 Å². The lowest BCUT2D eigenvalue weighted by atomic mass is 10.0. The van der Waals surface area contributed by atoms with Crippen LogP contribution in [0.3, 0.4) is 0 Å². The number of nitrogens with one attached hydrogen (secondary N) is 1. The molecule has 1 amide bonds. The van der Waals surface area contributed by atoms with Gasteiger partial charge in [0.2, 0.25) is 5.91 Å². The summed E-state index contributed by atoms with van der Waals surface area (Å²) in [4.78, 5) is 40.2. The molecular formula is C79H143N2O7P. The quantitative estimate of drug-likeness (QED) is 0.0212. The molecule has 10 heteroatoms. The Labute approximate surface area is 551 Å². The predicted molar refractivity (Wildman–Crippen MR) is 385 cm³/mol. The van der Waals surface area contributed by atoms with Gasteiger partial charge in [0.15, 0.2) is 0 Å². The standard InChI is InChI=1S/C79H143N2O7P/c1-7-10-13-16-19-22-25-27-29-31-33-35-37-39-40-42-44-46-48-50-52-54-57-60-63-66-69-72-79(83)88-77(70-67-64-61-58-55-24-21-18-15-12-9-3)76(75-87-89(84,85)86-74-73-81(4,5)6)80-78(82)71-68-65-62-59-56-53-51-49-47-45-43-41-38-36-34-32-30-28-26-23-20-17-14-11-8-2/h11,14,19-20,22-23,27-30,34,36,41,43,67,70,76-77H,7-10,12-13,15-18,21,24-26,31-33,35,37-40,42,44-66,68-69,71-75H2,1-6H3,(H-,80,82,84,85)/b14-11-,22-19-,23-20-,29-27-,30-28-,36-34-,43-41-,70-67+. The zero-order valence-electron chi connectivity index (χ0n) is 59.1. The van der Waals surface area contributed by atoms with Crippen LogP contribution in [-0.2, 0) is 27.9 Å². The van der Waals surface area contributed by atoms with Gasteiger partial charge in [-0.15, -0.1) is 0 Å². The number of carbonyl (C=O) groups excluding carboxylic acids is 2. The first-order valence-corrected chi connectivity index (χ1v) is 39.0. The molecule has 0 aliphatic rings. The predicted octanol–water partition coefficient (Wildman–Crippen LogP) is 23.6. The van der Waals surface area contributed by atoms with Crippen molar-refractivity contribution in [3.63, 3.8) is 0 Å². The molecule has 0 spiro atoms. The van der Waals surface area contributed by atoms with Crippen LogP contribution in [0.2, 0.25) is 0 Å². The second-order valence-corrected chi connectivity index (χ2v) is 27.8. The van der Waals surface area contributed by atoms with Gasteiger partial charge in [0.1, 0.15) is 19.3 Å². The highest BCUT2D eigenvalue weighted by Gasteiger charge is 2.27. The molecule has 9 nitrogen and oxygen atoms in total. The minimum Gasteiger partial charge on any atom is -0.756 e. The minimum atomic E-state index is -4.71. The van der Waals surface area contributed by atoms with Crippen LogP contribution in [0.25, 0.3) is 0 Å². The van der Waals surface area contributed by atoms with Crippen LogP contribution >= 0.6 is 7.82 Å². The van der Waals surface area contributed by atoms with Crippen molar-refractivity contribution in [1.29, 1.82) is 0 Å². The zero-order valence-corrected chi connectivity index (χ0v) is 60.0. The summed E-state index contributed by atoms with van der Waals surface area (Å²) in [5.74, 6) is -0.541. The number of quaternary nitrogens is 1. The highest BCUT2D eigenvalue weighted by Crippen LogP contribution is 2.38. The molecule has 0 bridgehead atoms. The molecule has 0 fully saturated rings. The molecule has 0 aliphatic carbocycles. The van der Waals surface area contributed by atoms with Crippen molar-refractivity contribution in [2.24, 2.45) is 0 Å². The van der Waals surface area contributed by atoms with Crippen LogP contribution in [0.1, 0.15) is 342 Å². The smallest absolute Gasteiger partial charge is 0.306 e. The largest absolute Gasteiger partial charge is 0.756 e. The average Bonchev–Trinajstić information content (AvgIpc) is 3.62. The number of hydrogen-bond acceptors (Lipinski definition) is 7. The van der Waals surface area contributed by atoms with Crippen molar-refractivity contribution in [3.05, 3.63) is 97.2 Å². The molecule has 0 saturated carbocycles. The van der Waals surface area contributed by atoms with Crippen molar-refractivity contribution >= 4 is 19.7 Å². The van der Waals surface area contributed by atoms with Crippen molar-refractivity contribution in [2.75, 3.05) is 40.9 Å². The van der Waals surface area contributed by atoms with Crippen LogP contribution in [0.4, 0.5) is 0 Å². The lowest BCUT2D eigenvalue weighted by molar-refractivity contribution is -0.870. The Kier molecular flexibility index (Phi) is 65.5. The van der Waals surface area contributed by atoms with Crippen LogP contribution in [0.5, 0.6) is 0 Å². The van der Waals surface area contributed by atoms with Crippen molar-refractivity contribution in [1.82, 2.24) is 5.32 Å². The maximum absolute atomic E-state index is 13.6. The van der Waals surface area contributed by atoms with Gasteiger partial charge in [0.25, 0.3) is 7.82 Å². The Hall–Kier alpha value is -3.07. The molecular weight excluding hydrogens is 1120 g/mol. The van der Waals surface area contributed by atoms with Gasteiger partial charge in [-0.25, -0.2) is 0 Å². The van der Waals surface area contributed by atoms with Gasteiger partial charge in [0.05, 0.1) is 33.8 Å². The molecule has 0 aromatic heterocycles. The SMILES string of the molecule is CC/C=C\C/C=C\C/C=C\C/C=C\C/C=C\CCCCCCCCCCCC(=O)NC(COP(=O)([O-])OCC[N+](C)(C)C)C(/C=C/CCCCCCCCCCC)OC(=O)CCCCCCCCCCCCCCCCCCC/C=C\C/C=C\CCCCC. The van der Waals surface area contributed by atoms with E-state index in [0.29, 0.717) is 17.4 Å². The number of unbranched alkanes of at least 4 members (excludes halogenated alkanes) is 38. The zero-order chi connectivity index (χ0) is 64.9. The molecule has 0 aliphatic heterocycles. The summed E-state index contributed by atoms with van der Waals surface area (Å²) in [5.41, 5.74) is 0. The second-order valence-electron chi connectivity index (χ2n) is 26.4. The van der Waals surface area contributed by atoms with Gasteiger partial charge >= 0.3 is 5.97 Å². The number of ether oxygens (including phenoxy) is 1. The van der Waals surface area contributed by atoms with Gasteiger partial charge in [0, 0.05) is 12.8 Å². The molecule has 516 valence electrons. The summed E-state index contributed by atoms with van der Waals surface area (Å²) in [7, 11) is 1.18. The lowest BCUT2D eigenvalue weighted by Crippen LogP contribution is -2.47. The number of hydrogen-bond donors (Lipinski definition) is 1. The van der Waals surface area contributed by atoms with Gasteiger partial charge < -0.3 is 28.5 Å². The monoisotopic (exact) mass is 1260 g/mol. The Bertz CT molecular complexity index is 1840. The number of rotatable bonds is 68. The van der Waals surface area contributed by atoms with Crippen LogP contribution in [0, 0.1) is 0 Å². The van der Waals surface area contributed by atoms with Crippen molar-refractivity contribution < 1.29 is 37.3 Å². The van der Waals surface area contributed by atoms with E-state index in [9.17, 15) is 19.0 Å². The maximum atomic E-state index is 13.6. The second kappa shape index (κ2) is 67.8. The maximum Gasteiger partial charge on any atom is 0.306 e. The molecule has 0 aromatic rings. The Balaban J connectivity index is 4.95. The molecule has 0 saturated heterocycles. The number of amides is 1. The normalized spacial score (nSPS) is 14.0. The van der Waals surface area contributed by atoms with Gasteiger partial charge in [-0.3, -0.25) is 14.2 Å². The Morgan fingerprint density at radius 1 is 0.404 bits per heavy atom. The highest BCUT2D eigenvalue weighted by molar-refractivity contribution is 7.45. The fourth-order valence-electron chi connectivity index (χ4n) is 10.8.